The summed E-state index contributed by atoms with van der Waals surface area (Å²) in [6.07, 6.45) is 10.4. The highest BCUT2D eigenvalue weighted by Gasteiger charge is 2.25. The van der Waals surface area contributed by atoms with Crippen molar-refractivity contribution in [2.75, 3.05) is 14.2 Å². The molecule has 0 aliphatic heterocycles. The molecule has 0 spiro atoms. The Labute approximate surface area is 783 Å². The molecular formula is C96H87N25O17. The second-order valence-electron chi connectivity index (χ2n) is 30.1. The lowest BCUT2D eigenvalue weighted by Crippen LogP contribution is -2.13. The molecule has 10 aromatic carbocycles. The lowest BCUT2D eigenvalue weighted by atomic mass is 10.1. The zero-order chi connectivity index (χ0) is 99.1. The average Bonchev–Trinajstić information content (AvgIpc) is 1.69. The van der Waals surface area contributed by atoms with Gasteiger partial charge in [-0.1, -0.05) is 164 Å². The summed E-state index contributed by atoms with van der Waals surface area (Å²) >= 11 is 0. The van der Waals surface area contributed by atoms with E-state index in [-0.39, 0.29) is 85.3 Å². The number of hydrogen-bond donors (Lipinski definition) is 10. The number of benzene rings is 10. The van der Waals surface area contributed by atoms with Crippen molar-refractivity contribution in [3.8, 4) is 11.5 Å². The number of nitrogens with two attached hydrogens (primary N) is 5. The average molecular weight is 1860 g/mol. The summed E-state index contributed by atoms with van der Waals surface area (Å²) in [6.45, 7) is 6.05. The van der Waals surface area contributed by atoms with Crippen molar-refractivity contribution in [2.24, 2.45) is 53.6 Å². The van der Waals surface area contributed by atoms with E-state index in [4.69, 9.17) is 38.1 Å². The molecule has 0 saturated heterocycles. The number of primary amides is 5. The minimum Gasteiger partial charge on any atom is -0.497 e. The number of nitrogens with one attached hydrogen (secondary N) is 5. The third-order valence-corrected chi connectivity index (χ3v) is 20.4. The highest BCUT2D eigenvalue weighted by atomic mass is 16.6. The van der Waals surface area contributed by atoms with Crippen LogP contribution in [0.1, 0.15) is 160 Å². The predicted molar refractivity (Wildman–Crippen MR) is 515 cm³/mol. The third kappa shape index (κ3) is 27.6. The Balaban J connectivity index is 0.000000165. The number of nitrogens with zero attached hydrogens (tertiary/aromatic N) is 15. The number of carbonyl (C=O) groups excluding carboxylic acids is 5. The first kappa shape index (κ1) is 99.1. The van der Waals surface area contributed by atoms with Crippen molar-refractivity contribution in [3.05, 3.63) is 422 Å². The van der Waals surface area contributed by atoms with Gasteiger partial charge in [0, 0.05) is 129 Å². The highest BCUT2D eigenvalue weighted by molar-refractivity contribution is 6.03. The number of nitro benzene ring substituents is 5. The molecule has 698 valence electrons. The van der Waals surface area contributed by atoms with E-state index in [0.29, 0.717) is 66.3 Å². The van der Waals surface area contributed by atoms with Crippen molar-refractivity contribution in [2.45, 2.75) is 59.3 Å². The number of methoxy groups -OCH3 is 2. The molecule has 0 saturated carbocycles. The number of para-hydroxylation sites is 1. The maximum atomic E-state index is 11.9. The minimum atomic E-state index is -0.669. The Morgan fingerprint density at radius 3 is 0.812 bits per heavy atom. The fraction of sp³-hybridized carbons (Fsp3) is 0.115. The number of ether oxygens (including phenoxy) is 2. The maximum absolute atomic E-state index is 11.9. The summed E-state index contributed by atoms with van der Waals surface area (Å²) < 4.78 is 10.4. The first-order valence-electron chi connectivity index (χ1n) is 41.5. The number of nitro groups is 5. The number of H-pyrrole nitrogens is 5. The van der Waals surface area contributed by atoms with Crippen LogP contribution in [0.15, 0.2) is 268 Å². The molecule has 5 aromatic heterocycles. The molecular weight excluding hydrogens is 1780 g/mol. The van der Waals surface area contributed by atoms with Crippen molar-refractivity contribution < 1.29 is 58.1 Å². The monoisotopic (exact) mass is 1860 g/mol. The molecule has 0 aliphatic carbocycles. The summed E-state index contributed by atoms with van der Waals surface area (Å²) in [7, 11) is 3.14. The molecule has 0 fully saturated rings. The Hall–Kier alpha value is -19.4. The van der Waals surface area contributed by atoms with Crippen LogP contribution < -0.4 is 38.1 Å². The second kappa shape index (κ2) is 47.4. The summed E-state index contributed by atoms with van der Waals surface area (Å²) in [5.41, 5.74) is 42.5. The quantitative estimate of drug-likeness (QED) is 0.0104. The van der Waals surface area contributed by atoms with E-state index >= 15 is 0 Å². The summed E-state index contributed by atoms with van der Waals surface area (Å²) in [5, 5.41) is 88.1. The zero-order valence-electron chi connectivity index (χ0n) is 74.3. The van der Waals surface area contributed by atoms with Crippen molar-refractivity contribution in [1.82, 2.24) is 51.0 Å². The van der Waals surface area contributed by atoms with Crippen LogP contribution in [0.3, 0.4) is 0 Å². The molecule has 42 nitrogen and oxygen atoms in total. The molecule has 0 radical (unpaired) electrons. The number of aromatic nitrogens is 10. The van der Waals surface area contributed by atoms with Gasteiger partial charge >= 0.3 is 0 Å². The Bertz CT molecular complexity index is 6900. The van der Waals surface area contributed by atoms with E-state index in [9.17, 15) is 74.5 Å². The van der Waals surface area contributed by atoms with Crippen LogP contribution in [0, 0.1) is 64.4 Å². The number of rotatable bonds is 33. The number of aromatic amines is 5. The van der Waals surface area contributed by atoms with Gasteiger partial charge in [-0.15, -0.1) is 0 Å². The lowest BCUT2D eigenvalue weighted by Gasteiger charge is -2.03. The van der Waals surface area contributed by atoms with Crippen molar-refractivity contribution in [3.63, 3.8) is 0 Å². The molecule has 5 heterocycles. The highest BCUT2D eigenvalue weighted by Crippen LogP contribution is 2.31. The van der Waals surface area contributed by atoms with E-state index in [1.807, 2.05) is 117 Å². The van der Waals surface area contributed by atoms with Crippen LogP contribution in [0.25, 0.3) is 0 Å². The standard InChI is InChI=1S/C20H19N5O3.2C19H17N5O4.2C19H17N5O3/c1-2-13-4-3-5-15(10-13)12-22-20-18(19(21)26)17(23-24-20)11-14-6-8-16(9-7-14)25(27)28;1-28-15-8-4-13(5-9-15)11-21-19-17(18(20)25)16(22-23-19)10-12-2-6-14(7-3-12)24(26)27;1-28-16-5-3-2-4-13(16)11-21-19-17(18(20)25)15(22-23-19)10-12-6-8-14(9-7-12)24(26)27;2*1-12-2-4-14(5-3-12)11-21-19-17(18(20)25)16(22-23-19)10-13-6-8-15(9-7-13)24(26)27/h3-10,12H,2,11H2,1H3,(H2,21,26)(H,23,24);2*2-9,11H,10H2,1H3,(H2,20,25)(H,22,23);2*2-9,11H,10H2,1H3,(H2,20,25)(H,22,23). The van der Waals surface area contributed by atoms with Gasteiger partial charge in [-0.05, 0) is 112 Å². The largest absolute Gasteiger partial charge is 0.497 e. The van der Waals surface area contributed by atoms with E-state index < -0.39 is 54.2 Å². The molecule has 0 bridgehead atoms. The predicted octanol–water partition coefficient (Wildman–Crippen LogP) is 15.0. The van der Waals surface area contributed by atoms with Gasteiger partial charge in [0.25, 0.3) is 58.0 Å². The van der Waals surface area contributed by atoms with Crippen molar-refractivity contribution in [1.29, 1.82) is 0 Å². The van der Waals surface area contributed by atoms with Crippen LogP contribution in [0.5, 0.6) is 11.5 Å². The Morgan fingerprint density at radius 2 is 0.565 bits per heavy atom. The fourth-order valence-corrected chi connectivity index (χ4v) is 13.3. The molecule has 15 N–H and O–H groups in total. The number of carbonyl (C=O) groups is 5. The first-order chi connectivity index (χ1) is 66.3. The van der Waals surface area contributed by atoms with Gasteiger partial charge in [-0.2, -0.15) is 25.5 Å². The number of aryl methyl sites for hydroxylation is 3. The number of aliphatic imine (C=N–C) groups is 5. The van der Waals surface area contributed by atoms with Gasteiger partial charge < -0.3 is 38.1 Å². The maximum Gasteiger partial charge on any atom is 0.269 e. The second-order valence-corrected chi connectivity index (χ2v) is 30.1. The fourth-order valence-electron chi connectivity index (χ4n) is 13.3. The molecule has 5 amide bonds. The Kier molecular flexibility index (Phi) is 34.0. The summed E-state index contributed by atoms with van der Waals surface area (Å²) in [5.74, 6) is -0.922. The normalized spacial score (nSPS) is 11.0. The van der Waals surface area contributed by atoms with Gasteiger partial charge in [-0.25, -0.2) is 25.0 Å². The summed E-state index contributed by atoms with van der Waals surface area (Å²) in [6, 6.07) is 68.1. The minimum absolute atomic E-state index is 0.00173. The zero-order valence-corrected chi connectivity index (χ0v) is 74.3. The van der Waals surface area contributed by atoms with Crippen LogP contribution in [0.2, 0.25) is 0 Å². The molecule has 0 unspecified atom stereocenters. The molecule has 15 aromatic rings. The van der Waals surface area contributed by atoms with E-state index in [2.05, 4.69) is 82.9 Å². The summed E-state index contributed by atoms with van der Waals surface area (Å²) in [4.78, 5) is 132. The number of non-ortho nitro benzene ring substituents is 5. The first-order valence-corrected chi connectivity index (χ1v) is 41.5. The van der Waals surface area contributed by atoms with Crippen LogP contribution >= 0.6 is 0 Å². The molecule has 0 aliphatic rings. The topological polar surface area (TPSA) is 655 Å². The Morgan fingerprint density at radius 1 is 0.312 bits per heavy atom. The van der Waals surface area contributed by atoms with Gasteiger partial charge in [0.05, 0.1) is 67.3 Å². The van der Waals surface area contributed by atoms with Gasteiger partial charge in [0.2, 0.25) is 0 Å². The molecule has 42 heteroatoms. The van der Waals surface area contributed by atoms with E-state index in [0.717, 1.165) is 78.9 Å². The SMILES string of the molecule is CCc1cccc(C=Nc2n[nH]c(Cc3ccc([N+](=O)[O-])cc3)c2C(N)=O)c1.COc1ccc(C=Nc2n[nH]c(Cc3ccc([N+](=O)[O-])cc3)c2C(N)=O)cc1.COc1ccccc1C=Nc1n[nH]c(Cc2ccc([N+](=O)[O-])cc2)c1C(N)=O.Cc1ccc(C=Nc2n[nH]c(Cc3ccc([N+](=O)[O-])cc3)c2C(N)=O)cc1.Cc1ccc(C=Nc2n[nH]c(Cc3ccc([N+](=O)[O-])cc3)c2C(N)=O)cc1. The molecule has 0 atom stereocenters. The van der Waals surface area contributed by atoms with Crippen LogP contribution in [-0.4, -0.2) is 150 Å². The van der Waals surface area contributed by atoms with E-state index in [1.165, 1.54) is 72.4 Å². The van der Waals surface area contributed by atoms with Crippen molar-refractivity contribution >= 4 is 118 Å². The smallest absolute Gasteiger partial charge is 0.269 e. The van der Waals surface area contributed by atoms with Crippen LogP contribution in [0.4, 0.5) is 57.5 Å². The molecule has 15 rings (SSSR count). The number of amides is 5. The lowest BCUT2D eigenvalue weighted by molar-refractivity contribution is -0.385. The molecule has 138 heavy (non-hydrogen) atoms. The van der Waals surface area contributed by atoms with Gasteiger partial charge in [0.1, 0.15) is 39.3 Å². The van der Waals surface area contributed by atoms with E-state index in [1.54, 1.807) is 118 Å². The third-order valence-electron chi connectivity index (χ3n) is 20.4. The van der Waals surface area contributed by atoms with Gasteiger partial charge in [-0.3, -0.25) is 100 Å². The number of hydrogen-bond acceptors (Lipinski definition) is 27. The van der Waals surface area contributed by atoms with Crippen LogP contribution in [-0.2, 0) is 38.5 Å². The van der Waals surface area contributed by atoms with Gasteiger partial charge in [0.15, 0.2) is 29.1 Å².